The predicted octanol–water partition coefficient (Wildman–Crippen LogP) is 12.2. The van der Waals surface area contributed by atoms with E-state index in [1.807, 2.05) is 12.4 Å². The van der Waals surface area contributed by atoms with E-state index >= 15 is 0 Å². The molecule has 2 unspecified atom stereocenters. The third-order valence-electron chi connectivity index (χ3n) is 11.0. The minimum absolute atomic E-state index is 0.235. The Morgan fingerprint density at radius 3 is 1.89 bits per heavy atom. The molecule has 256 valence electrons. The molecule has 0 saturated carbocycles. The number of hydrogen-bond acceptors (Lipinski definition) is 3. The first kappa shape index (κ1) is 31.9. The van der Waals surface area contributed by atoms with Crippen molar-refractivity contribution in [2.45, 2.75) is 18.5 Å². The zero-order chi connectivity index (χ0) is 35.8. The SMILES string of the molecule is C1=C(c2cc(C3=NC(c4ccccc4)NC(c4ccc(-c5ccccc5)cc4)=C3)cc(-c3ccncc3)c2)CC2C(=C1)c1ccccc1-c1ccccc12. The van der Waals surface area contributed by atoms with Crippen LogP contribution in [0.2, 0.25) is 0 Å². The average Bonchev–Trinajstić information content (AvgIpc) is 3.27. The molecule has 6 aromatic carbocycles. The van der Waals surface area contributed by atoms with Crippen molar-refractivity contribution in [1.29, 1.82) is 0 Å². The third kappa shape index (κ3) is 5.90. The lowest BCUT2D eigenvalue weighted by Crippen LogP contribution is -2.25. The molecule has 2 aliphatic carbocycles. The first-order valence-electron chi connectivity index (χ1n) is 18.7. The van der Waals surface area contributed by atoms with Gasteiger partial charge in [0, 0.05) is 29.6 Å². The summed E-state index contributed by atoms with van der Waals surface area (Å²) >= 11 is 0. The van der Waals surface area contributed by atoms with E-state index in [0.717, 1.165) is 45.6 Å². The molecule has 54 heavy (non-hydrogen) atoms. The zero-order valence-corrected chi connectivity index (χ0v) is 29.7. The average molecular weight is 692 g/mol. The largest absolute Gasteiger partial charge is 0.360 e. The van der Waals surface area contributed by atoms with Gasteiger partial charge in [-0.25, -0.2) is 0 Å². The number of pyridine rings is 1. The lowest BCUT2D eigenvalue weighted by atomic mass is 9.70. The number of allylic oxidation sites excluding steroid dienone is 5. The molecule has 1 aliphatic heterocycles. The Labute approximate surface area is 316 Å². The molecule has 7 aromatic rings. The number of nitrogens with zero attached hydrogens (tertiary/aromatic N) is 2. The highest BCUT2D eigenvalue weighted by Gasteiger charge is 2.31. The predicted molar refractivity (Wildman–Crippen MR) is 224 cm³/mol. The minimum atomic E-state index is -0.235. The van der Waals surface area contributed by atoms with Crippen molar-refractivity contribution in [3.8, 4) is 33.4 Å². The maximum absolute atomic E-state index is 5.39. The molecule has 1 N–H and O–H groups in total. The Hall–Kier alpha value is -6.84. The van der Waals surface area contributed by atoms with Crippen LogP contribution in [0.25, 0.3) is 50.2 Å². The summed E-state index contributed by atoms with van der Waals surface area (Å²) < 4.78 is 0. The fourth-order valence-electron chi connectivity index (χ4n) is 8.29. The standard InChI is InChI=1S/C51H37N3/c1-3-11-34(12-4-1)35-19-21-37(22-20-35)49-33-50(54-51(53-49)38-13-5-2-6-14-38)42-30-40(36-25-27-52-28-26-36)29-41(31-42)39-23-24-47-45-17-8-7-15-43(45)44-16-9-10-18-46(44)48(47)32-39/h1-31,33,48,51,53H,32H2. The van der Waals surface area contributed by atoms with Gasteiger partial charge in [-0.05, 0) is 115 Å². The van der Waals surface area contributed by atoms with E-state index in [2.05, 4.69) is 192 Å². The molecule has 0 amide bonds. The van der Waals surface area contributed by atoms with Gasteiger partial charge in [0.2, 0.25) is 0 Å². The maximum atomic E-state index is 5.39. The molecule has 0 bridgehead atoms. The van der Waals surface area contributed by atoms with Gasteiger partial charge in [0.1, 0.15) is 6.17 Å². The molecule has 3 heteroatoms. The number of aliphatic imine (C=N–C) groups is 1. The van der Waals surface area contributed by atoms with E-state index in [1.165, 1.54) is 50.1 Å². The molecule has 0 spiro atoms. The summed E-state index contributed by atoms with van der Waals surface area (Å²) in [6.07, 6.45) is 11.4. The van der Waals surface area contributed by atoms with E-state index in [9.17, 15) is 0 Å². The summed E-state index contributed by atoms with van der Waals surface area (Å²) in [6, 6.07) is 58.8. The van der Waals surface area contributed by atoms with Crippen molar-refractivity contribution in [3.63, 3.8) is 0 Å². The molecule has 0 saturated heterocycles. The molecule has 3 aliphatic rings. The van der Waals surface area contributed by atoms with E-state index in [0.29, 0.717) is 0 Å². The van der Waals surface area contributed by atoms with Crippen LogP contribution in [0.5, 0.6) is 0 Å². The number of aromatic nitrogens is 1. The van der Waals surface area contributed by atoms with Gasteiger partial charge >= 0.3 is 0 Å². The van der Waals surface area contributed by atoms with Gasteiger partial charge < -0.3 is 5.32 Å². The Kier molecular flexibility index (Phi) is 8.03. The summed E-state index contributed by atoms with van der Waals surface area (Å²) in [5.41, 5.74) is 19.4. The summed E-state index contributed by atoms with van der Waals surface area (Å²) in [5, 5.41) is 3.76. The Balaban J connectivity index is 1.10. The number of nitrogens with one attached hydrogen (secondary N) is 1. The number of benzene rings is 6. The van der Waals surface area contributed by atoms with E-state index in [1.54, 1.807) is 0 Å². The summed E-state index contributed by atoms with van der Waals surface area (Å²) in [4.78, 5) is 9.72. The second-order valence-electron chi connectivity index (χ2n) is 14.2. The van der Waals surface area contributed by atoms with Gasteiger partial charge in [-0.3, -0.25) is 9.98 Å². The van der Waals surface area contributed by atoms with Crippen LogP contribution in [-0.4, -0.2) is 10.7 Å². The van der Waals surface area contributed by atoms with Crippen molar-refractivity contribution >= 4 is 22.6 Å². The quantitative estimate of drug-likeness (QED) is 0.188. The van der Waals surface area contributed by atoms with Crippen LogP contribution in [0.15, 0.2) is 199 Å². The van der Waals surface area contributed by atoms with Crippen LogP contribution in [0.3, 0.4) is 0 Å². The van der Waals surface area contributed by atoms with Crippen LogP contribution in [0.4, 0.5) is 0 Å². The van der Waals surface area contributed by atoms with E-state index < -0.39 is 0 Å². The van der Waals surface area contributed by atoms with Crippen LogP contribution >= 0.6 is 0 Å². The highest BCUT2D eigenvalue weighted by molar-refractivity contribution is 6.14. The molecule has 1 aromatic heterocycles. The topological polar surface area (TPSA) is 37.3 Å². The molecule has 3 nitrogen and oxygen atoms in total. The van der Waals surface area contributed by atoms with Gasteiger partial charge in [0.05, 0.1) is 5.71 Å². The molecule has 10 rings (SSSR count). The number of rotatable bonds is 6. The Morgan fingerprint density at radius 2 is 1.09 bits per heavy atom. The zero-order valence-electron chi connectivity index (χ0n) is 29.7. The van der Waals surface area contributed by atoms with Crippen molar-refractivity contribution in [2.24, 2.45) is 4.99 Å². The van der Waals surface area contributed by atoms with Crippen LogP contribution in [-0.2, 0) is 0 Å². The maximum Gasteiger partial charge on any atom is 0.145 e. The van der Waals surface area contributed by atoms with E-state index in [4.69, 9.17) is 4.99 Å². The van der Waals surface area contributed by atoms with Crippen molar-refractivity contribution in [1.82, 2.24) is 10.3 Å². The normalized spacial score (nSPS) is 17.0. The monoisotopic (exact) mass is 691 g/mol. The summed E-state index contributed by atoms with van der Waals surface area (Å²) in [7, 11) is 0. The number of hydrogen-bond donors (Lipinski definition) is 1. The summed E-state index contributed by atoms with van der Waals surface area (Å²) in [5.74, 6) is 0.285. The van der Waals surface area contributed by atoms with Crippen LogP contribution in [0, 0.1) is 0 Å². The minimum Gasteiger partial charge on any atom is -0.360 e. The molecule has 0 radical (unpaired) electrons. The smallest absolute Gasteiger partial charge is 0.145 e. The lowest BCUT2D eigenvalue weighted by molar-refractivity contribution is 0.664. The molecule has 2 atom stereocenters. The van der Waals surface area contributed by atoms with Crippen molar-refractivity contribution in [3.05, 3.63) is 228 Å². The van der Waals surface area contributed by atoms with E-state index in [-0.39, 0.29) is 12.1 Å². The second-order valence-corrected chi connectivity index (χ2v) is 14.2. The van der Waals surface area contributed by atoms with Gasteiger partial charge in [-0.2, -0.15) is 0 Å². The van der Waals surface area contributed by atoms with Crippen LogP contribution < -0.4 is 5.32 Å². The molecular formula is C51H37N3. The third-order valence-corrected chi connectivity index (χ3v) is 11.0. The van der Waals surface area contributed by atoms with Gasteiger partial charge in [0.15, 0.2) is 0 Å². The van der Waals surface area contributed by atoms with Gasteiger partial charge in [-0.1, -0.05) is 146 Å². The molecule has 0 fully saturated rings. The van der Waals surface area contributed by atoms with Gasteiger partial charge in [0.25, 0.3) is 0 Å². The summed E-state index contributed by atoms with van der Waals surface area (Å²) in [6.45, 7) is 0. The Bertz CT molecular complexity index is 2630. The van der Waals surface area contributed by atoms with Crippen molar-refractivity contribution < 1.29 is 0 Å². The van der Waals surface area contributed by atoms with Gasteiger partial charge in [-0.15, -0.1) is 0 Å². The highest BCUT2D eigenvalue weighted by atomic mass is 15.1. The first-order valence-corrected chi connectivity index (χ1v) is 18.7. The second kappa shape index (κ2) is 13.6. The van der Waals surface area contributed by atoms with Crippen LogP contribution in [0.1, 0.15) is 51.9 Å². The number of fused-ring (bicyclic) bond motifs is 6. The van der Waals surface area contributed by atoms with Crippen molar-refractivity contribution in [2.75, 3.05) is 0 Å². The Morgan fingerprint density at radius 1 is 0.481 bits per heavy atom. The first-order chi connectivity index (χ1) is 26.7. The fraction of sp³-hybridized carbons (Fsp3) is 0.0588. The lowest BCUT2D eigenvalue weighted by Gasteiger charge is -2.33. The highest BCUT2D eigenvalue weighted by Crippen LogP contribution is 2.51. The molecular weight excluding hydrogens is 655 g/mol. The fourth-order valence-corrected chi connectivity index (χ4v) is 8.29. The molecule has 2 heterocycles.